The highest BCUT2D eigenvalue weighted by atomic mass is 16.5. The molecule has 0 aromatic heterocycles. The van der Waals surface area contributed by atoms with Crippen LogP contribution in [0.4, 0.5) is 0 Å². The molecule has 0 heterocycles. The van der Waals surface area contributed by atoms with Gasteiger partial charge in [0.05, 0.1) is 11.7 Å². The number of para-hydroxylation sites is 1. The topological polar surface area (TPSA) is 35.5 Å². The number of rotatable bonds is 17. The Balaban J connectivity index is 1.76. The number of unbranched alkanes of at least 4 members (excludes halogenated alkanes) is 9. The fourth-order valence-electron chi connectivity index (χ4n) is 4.05. The van der Waals surface area contributed by atoms with Gasteiger partial charge in [0.25, 0.3) is 0 Å². The van der Waals surface area contributed by atoms with Crippen molar-refractivity contribution in [3.63, 3.8) is 0 Å². The van der Waals surface area contributed by atoms with Gasteiger partial charge in [0.15, 0.2) is 0 Å². The van der Waals surface area contributed by atoms with Crippen molar-refractivity contribution >= 4 is 5.97 Å². The van der Waals surface area contributed by atoms with Crippen molar-refractivity contribution in [3.05, 3.63) is 65.2 Å². The average Bonchev–Trinajstić information content (AvgIpc) is 2.84. The second-order valence-corrected chi connectivity index (χ2v) is 9.06. The first-order valence-electron chi connectivity index (χ1n) is 13.2. The van der Waals surface area contributed by atoms with Crippen molar-refractivity contribution in [1.82, 2.24) is 0 Å². The molecule has 2 aromatic rings. The average molecular weight is 453 g/mol. The van der Waals surface area contributed by atoms with Gasteiger partial charge in [-0.3, -0.25) is 0 Å². The maximum absolute atomic E-state index is 12.7. The summed E-state index contributed by atoms with van der Waals surface area (Å²) in [4.78, 5) is 12.7. The minimum absolute atomic E-state index is 0.0248. The Hall–Kier alpha value is -2.13. The highest BCUT2D eigenvalue weighted by molar-refractivity contribution is 5.91. The lowest BCUT2D eigenvalue weighted by Crippen LogP contribution is -2.10. The van der Waals surface area contributed by atoms with Gasteiger partial charge in [-0.2, -0.15) is 0 Å². The van der Waals surface area contributed by atoms with E-state index in [-0.39, 0.29) is 12.1 Å². The summed E-state index contributed by atoms with van der Waals surface area (Å²) in [5.41, 5.74) is 2.75. The van der Waals surface area contributed by atoms with E-state index in [1.807, 2.05) is 49.4 Å². The van der Waals surface area contributed by atoms with Crippen molar-refractivity contribution in [2.75, 3.05) is 6.61 Å². The molecule has 0 saturated carbocycles. The summed E-state index contributed by atoms with van der Waals surface area (Å²) in [7, 11) is 0. The smallest absolute Gasteiger partial charge is 0.343 e. The molecule has 3 nitrogen and oxygen atoms in total. The summed E-state index contributed by atoms with van der Waals surface area (Å²) in [6.45, 7) is 7.13. The zero-order chi connectivity index (χ0) is 23.7. The standard InChI is InChI=1S/C30H44O3/c1-4-6-7-8-9-10-11-12-13-14-17-27-18-15-16-19-29(27)33-30(31)28-22-20-26(21-23-28)25(3)32-24-5-2/h15-16,18-23,25H,4-14,17,24H2,1-3H3. The van der Waals surface area contributed by atoms with Gasteiger partial charge >= 0.3 is 5.97 Å². The van der Waals surface area contributed by atoms with Crippen molar-refractivity contribution in [2.24, 2.45) is 0 Å². The predicted octanol–water partition coefficient (Wildman–Crippen LogP) is 8.86. The van der Waals surface area contributed by atoms with Gasteiger partial charge in [0.2, 0.25) is 0 Å². The molecule has 0 fully saturated rings. The van der Waals surface area contributed by atoms with Crippen molar-refractivity contribution in [2.45, 2.75) is 104 Å². The Morgan fingerprint density at radius 2 is 1.36 bits per heavy atom. The number of hydrogen-bond donors (Lipinski definition) is 0. The second kappa shape index (κ2) is 16.5. The molecule has 0 aliphatic heterocycles. The van der Waals surface area contributed by atoms with Crippen LogP contribution in [-0.4, -0.2) is 12.6 Å². The van der Waals surface area contributed by atoms with Gasteiger partial charge in [-0.15, -0.1) is 0 Å². The van der Waals surface area contributed by atoms with E-state index < -0.39 is 0 Å². The molecule has 0 saturated heterocycles. The minimum Gasteiger partial charge on any atom is -0.423 e. The van der Waals surface area contributed by atoms with E-state index in [0.717, 1.165) is 37.0 Å². The molecular formula is C30H44O3. The molecule has 1 atom stereocenters. The lowest BCUT2D eigenvalue weighted by atomic mass is 10.0. The van der Waals surface area contributed by atoms with E-state index in [2.05, 4.69) is 19.9 Å². The number of hydrogen-bond acceptors (Lipinski definition) is 3. The lowest BCUT2D eigenvalue weighted by molar-refractivity contribution is 0.0660. The van der Waals surface area contributed by atoms with Gasteiger partial charge in [-0.25, -0.2) is 4.79 Å². The molecule has 33 heavy (non-hydrogen) atoms. The van der Waals surface area contributed by atoms with E-state index >= 15 is 0 Å². The fourth-order valence-corrected chi connectivity index (χ4v) is 4.05. The number of carbonyl (C=O) groups is 1. The summed E-state index contributed by atoms with van der Waals surface area (Å²) in [6.07, 6.45) is 15.2. The summed E-state index contributed by atoms with van der Waals surface area (Å²) >= 11 is 0. The predicted molar refractivity (Wildman–Crippen MR) is 138 cm³/mol. The van der Waals surface area contributed by atoms with E-state index in [4.69, 9.17) is 9.47 Å². The van der Waals surface area contributed by atoms with E-state index in [9.17, 15) is 4.79 Å². The Kier molecular flexibility index (Phi) is 13.5. The Morgan fingerprint density at radius 1 is 0.758 bits per heavy atom. The fraction of sp³-hybridized carbons (Fsp3) is 0.567. The van der Waals surface area contributed by atoms with Crippen LogP contribution in [0.3, 0.4) is 0 Å². The Bertz CT molecular complexity index is 781. The van der Waals surface area contributed by atoms with Crippen LogP contribution in [0, 0.1) is 0 Å². The summed E-state index contributed by atoms with van der Waals surface area (Å²) < 4.78 is 11.5. The van der Waals surface area contributed by atoms with Gasteiger partial charge in [0.1, 0.15) is 5.75 Å². The summed E-state index contributed by atoms with van der Waals surface area (Å²) in [5, 5.41) is 0. The van der Waals surface area contributed by atoms with Crippen molar-refractivity contribution < 1.29 is 14.3 Å². The third-order valence-electron chi connectivity index (χ3n) is 6.16. The molecule has 182 valence electrons. The largest absolute Gasteiger partial charge is 0.423 e. The molecule has 1 unspecified atom stereocenters. The zero-order valence-corrected chi connectivity index (χ0v) is 21.1. The van der Waals surface area contributed by atoms with Gasteiger partial charge < -0.3 is 9.47 Å². The normalized spacial score (nSPS) is 12.0. The van der Waals surface area contributed by atoms with Crippen LogP contribution in [0.2, 0.25) is 0 Å². The third kappa shape index (κ3) is 10.6. The maximum atomic E-state index is 12.7. The molecule has 0 radical (unpaired) electrons. The van der Waals surface area contributed by atoms with Crippen LogP contribution in [0.1, 0.15) is 119 Å². The second-order valence-electron chi connectivity index (χ2n) is 9.06. The van der Waals surface area contributed by atoms with E-state index in [1.165, 1.54) is 57.8 Å². The van der Waals surface area contributed by atoms with Crippen LogP contribution in [-0.2, 0) is 11.2 Å². The molecule has 3 heteroatoms. The highest BCUT2D eigenvalue weighted by Gasteiger charge is 2.13. The number of esters is 1. The van der Waals surface area contributed by atoms with Crippen LogP contribution in [0.25, 0.3) is 0 Å². The third-order valence-corrected chi connectivity index (χ3v) is 6.16. The molecule has 2 aromatic carbocycles. The van der Waals surface area contributed by atoms with Crippen LogP contribution in [0.15, 0.2) is 48.5 Å². The zero-order valence-electron chi connectivity index (χ0n) is 21.1. The Labute approximate surface area is 201 Å². The summed E-state index contributed by atoms with van der Waals surface area (Å²) in [5.74, 6) is 0.376. The number of carbonyl (C=O) groups excluding carboxylic acids is 1. The molecular weight excluding hydrogens is 408 g/mol. The minimum atomic E-state index is -0.306. The van der Waals surface area contributed by atoms with E-state index in [0.29, 0.717) is 11.3 Å². The van der Waals surface area contributed by atoms with Gasteiger partial charge in [-0.05, 0) is 55.5 Å². The maximum Gasteiger partial charge on any atom is 0.343 e. The first-order valence-corrected chi connectivity index (χ1v) is 13.2. The van der Waals surface area contributed by atoms with Crippen LogP contribution >= 0.6 is 0 Å². The Morgan fingerprint density at radius 3 is 2.00 bits per heavy atom. The number of ether oxygens (including phenoxy) is 2. The van der Waals surface area contributed by atoms with Crippen molar-refractivity contribution in [3.8, 4) is 5.75 Å². The highest BCUT2D eigenvalue weighted by Crippen LogP contribution is 2.23. The van der Waals surface area contributed by atoms with Crippen molar-refractivity contribution in [1.29, 1.82) is 0 Å². The van der Waals surface area contributed by atoms with Gasteiger partial charge in [0, 0.05) is 6.61 Å². The first kappa shape index (κ1) is 27.1. The van der Waals surface area contributed by atoms with E-state index in [1.54, 1.807) is 0 Å². The van der Waals surface area contributed by atoms with Gasteiger partial charge in [-0.1, -0.05) is 102 Å². The number of aryl methyl sites for hydroxylation is 1. The molecule has 0 bridgehead atoms. The lowest BCUT2D eigenvalue weighted by Gasteiger charge is -2.13. The monoisotopic (exact) mass is 452 g/mol. The molecule has 0 aliphatic carbocycles. The molecule has 0 N–H and O–H groups in total. The molecule has 0 spiro atoms. The SMILES string of the molecule is CCCCCCCCCCCCc1ccccc1OC(=O)c1ccc(C(C)OCCC)cc1. The molecule has 0 amide bonds. The first-order chi connectivity index (χ1) is 16.2. The number of benzene rings is 2. The van der Waals surface area contributed by atoms with Crippen LogP contribution in [0.5, 0.6) is 5.75 Å². The quantitative estimate of drug-likeness (QED) is 0.137. The molecule has 0 aliphatic rings. The summed E-state index contributed by atoms with van der Waals surface area (Å²) in [6, 6.07) is 15.5. The molecule has 2 rings (SSSR count). The van der Waals surface area contributed by atoms with Crippen LogP contribution < -0.4 is 4.74 Å².